The van der Waals surface area contributed by atoms with Crippen molar-refractivity contribution in [1.29, 1.82) is 0 Å². The molecule has 6 heteroatoms. The van der Waals surface area contributed by atoms with E-state index in [0.29, 0.717) is 24.0 Å². The number of hydrogen-bond donors (Lipinski definition) is 1. The number of nitrogen functional groups attached to an aromatic ring is 1. The van der Waals surface area contributed by atoms with Crippen molar-refractivity contribution in [3.05, 3.63) is 41.5 Å². The van der Waals surface area contributed by atoms with Gasteiger partial charge in [0.2, 0.25) is 0 Å². The van der Waals surface area contributed by atoms with Crippen LogP contribution in [-0.2, 0) is 0 Å². The normalized spacial score (nSPS) is 17.3. The van der Waals surface area contributed by atoms with Crippen LogP contribution in [0, 0.1) is 0 Å². The summed E-state index contributed by atoms with van der Waals surface area (Å²) < 4.78 is 11.6. The second kappa shape index (κ2) is 4.35. The van der Waals surface area contributed by atoms with Crippen LogP contribution in [0.2, 0.25) is 0 Å². The van der Waals surface area contributed by atoms with Crippen LogP contribution < -0.4 is 15.2 Å². The maximum absolute atomic E-state index is 5.96. The molecule has 0 spiro atoms. The van der Waals surface area contributed by atoms with Crippen molar-refractivity contribution in [2.75, 3.05) is 12.3 Å². The van der Waals surface area contributed by atoms with E-state index < -0.39 is 0 Å². The topological polar surface area (TPSA) is 70.3 Å². The number of para-hydroxylation sites is 2. The molecule has 1 aliphatic heterocycles. The third-order valence-corrected chi connectivity index (χ3v) is 3.98. The molecule has 5 nitrogen and oxygen atoms in total. The number of hydrogen-bond acceptors (Lipinski definition) is 6. The summed E-state index contributed by atoms with van der Waals surface area (Å²) in [5.41, 5.74) is 5.96. The zero-order chi connectivity index (χ0) is 13.5. The van der Waals surface area contributed by atoms with Crippen LogP contribution in [0.3, 0.4) is 0 Å². The molecule has 1 aliphatic rings. The largest absolute Gasteiger partial charge is 0.485 e. The highest BCUT2D eigenvalue weighted by Gasteiger charge is 2.25. The van der Waals surface area contributed by atoms with Gasteiger partial charge >= 0.3 is 0 Å². The van der Waals surface area contributed by atoms with Gasteiger partial charge in [-0.25, -0.2) is 9.97 Å². The maximum atomic E-state index is 5.96. The third-order valence-electron chi connectivity index (χ3n) is 3.17. The highest BCUT2D eigenvalue weighted by atomic mass is 32.1. The zero-order valence-corrected chi connectivity index (χ0v) is 11.3. The number of nitrogens with zero attached hydrogens (tertiary/aromatic N) is 2. The molecule has 0 bridgehead atoms. The molecule has 4 rings (SSSR count). The quantitative estimate of drug-likeness (QED) is 0.744. The average Bonchev–Trinajstić information content (AvgIpc) is 2.96. The minimum Gasteiger partial charge on any atom is -0.485 e. The molecule has 0 saturated carbocycles. The summed E-state index contributed by atoms with van der Waals surface area (Å²) in [6.07, 6.45) is -0.335. The van der Waals surface area contributed by atoms with Crippen molar-refractivity contribution in [3.63, 3.8) is 0 Å². The Morgan fingerprint density at radius 3 is 2.90 bits per heavy atom. The molecule has 0 fully saturated rings. The van der Waals surface area contributed by atoms with E-state index in [2.05, 4.69) is 9.97 Å². The smallest absolute Gasteiger partial charge is 0.192 e. The number of rotatable bonds is 1. The van der Waals surface area contributed by atoms with Gasteiger partial charge in [-0.15, -0.1) is 11.3 Å². The molecular formula is C14H11N3O2S. The average molecular weight is 285 g/mol. The van der Waals surface area contributed by atoms with Gasteiger partial charge in [0, 0.05) is 0 Å². The first-order valence-electron chi connectivity index (χ1n) is 6.20. The SMILES string of the molecule is Nc1nc(C2COc3ccccc3O2)nc2sccc12. The van der Waals surface area contributed by atoms with Crippen LogP contribution in [-0.4, -0.2) is 16.6 Å². The second-order valence-electron chi connectivity index (χ2n) is 4.47. The van der Waals surface area contributed by atoms with Crippen molar-refractivity contribution in [2.45, 2.75) is 6.10 Å². The number of aromatic nitrogens is 2. The van der Waals surface area contributed by atoms with Crippen LogP contribution in [0.15, 0.2) is 35.7 Å². The van der Waals surface area contributed by atoms with E-state index in [1.54, 1.807) is 0 Å². The number of nitrogens with two attached hydrogens (primary N) is 1. The first-order chi connectivity index (χ1) is 9.81. The number of ether oxygens (including phenoxy) is 2. The van der Waals surface area contributed by atoms with Gasteiger partial charge in [-0.1, -0.05) is 12.1 Å². The predicted octanol–water partition coefficient (Wildman–Crippen LogP) is 2.79. The molecule has 0 radical (unpaired) electrons. The van der Waals surface area contributed by atoms with Gasteiger partial charge in [-0.2, -0.15) is 0 Å². The first-order valence-corrected chi connectivity index (χ1v) is 7.08. The van der Waals surface area contributed by atoms with E-state index in [1.807, 2.05) is 35.7 Å². The molecule has 2 N–H and O–H groups in total. The number of fused-ring (bicyclic) bond motifs is 2. The van der Waals surface area contributed by atoms with Gasteiger partial charge in [-0.3, -0.25) is 0 Å². The van der Waals surface area contributed by atoms with E-state index in [0.717, 1.165) is 16.0 Å². The summed E-state index contributed by atoms with van der Waals surface area (Å²) in [7, 11) is 0. The van der Waals surface area contributed by atoms with E-state index in [1.165, 1.54) is 11.3 Å². The van der Waals surface area contributed by atoms with Crippen molar-refractivity contribution < 1.29 is 9.47 Å². The van der Waals surface area contributed by atoms with Gasteiger partial charge < -0.3 is 15.2 Å². The lowest BCUT2D eigenvalue weighted by atomic mass is 10.2. The van der Waals surface area contributed by atoms with Crippen LogP contribution in [0.5, 0.6) is 11.5 Å². The molecule has 3 heterocycles. The molecule has 0 aliphatic carbocycles. The lowest BCUT2D eigenvalue weighted by Crippen LogP contribution is -2.23. The highest BCUT2D eigenvalue weighted by Crippen LogP contribution is 2.35. The predicted molar refractivity (Wildman–Crippen MR) is 77.1 cm³/mol. The van der Waals surface area contributed by atoms with Crippen LogP contribution in [0.4, 0.5) is 5.82 Å². The lowest BCUT2D eigenvalue weighted by molar-refractivity contribution is 0.0854. The van der Waals surface area contributed by atoms with Crippen molar-refractivity contribution in [2.24, 2.45) is 0 Å². The van der Waals surface area contributed by atoms with E-state index >= 15 is 0 Å². The van der Waals surface area contributed by atoms with E-state index in [9.17, 15) is 0 Å². The summed E-state index contributed by atoms with van der Waals surface area (Å²) in [6.45, 7) is 0.382. The van der Waals surface area contributed by atoms with Gasteiger partial charge in [0.25, 0.3) is 0 Å². The van der Waals surface area contributed by atoms with Gasteiger partial charge in [0.15, 0.2) is 23.4 Å². The van der Waals surface area contributed by atoms with Crippen LogP contribution in [0.25, 0.3) is 10.2 Å². The fraction of sp³-hybridized carbons (Fsp3) is 0.143. The fourth-order valence-corrected chi connectivity index (χ4v) is 2.97. The number of benzene rings is 1. The van der Waals surface area contributed by atoms with Crippen molar-refractivity contribution in [3.8, 4) is 11.5 Å². The van der Waals surface area contributed by atoms with Crippen molar-refractivity contribution in [1.82, 2.24) is 9.97 Å². The minimum atomic E-state index is -0.335. The molecule has 3 aromatic rings. The third kappa shape index (κ3) is 1.77. The molecule has 2 aromatic heterocycles. The highest BCUT2D eigenvalue weighted by molar-refractivity contribution is 7.16. The second-order valence-corrected chi connectivity index (χ2v) is 5.37. The Bertz CT molecular complexity index is 787. The summed E-state index contributed by atoms with van der Waals surface area (Å²) >= 11 is 1.54. The molecular weight excluding hydrogens is 274 g/mol. The monoisotopic (exact) mass is 285 g/mol. The Labute approximate surface area is 119 Å². The molecule has 1 aromatic carbocycles. The molecule has 0 saturated heterocycles. The van der Waals surface area contributed by atoms with E-state index in [-0.39, 0.29) is 6.10 Å². The fourth-order valence-electron chi connectivity index (χ4n) is 2.19. The summed E-state index contributed by atoms with van der Waals surface area (Å²) in [6, 6.07) is 9.49. The first kappa shape index (κ1) is 11.5. The van der Waals surface area contributed by atoms with Crippen LogP contribution in [0.1, 0.15) is 11.9 Å². The van der Waals surface area contributed by atoms with Crippen LogP contribution >= 0.6 is 11.3 Å². The number of anilines is 1. The molecule has 1 unspecified atom stereocenters. The zero-order valence-electron chi connectivity index (χ0n) is 10.4. The maximum Gasteiger partial charge on any atom is 0.192 e. The Hall–Kier alpha value is -2.34. The summed E-state index contributed by atoms with van der Waals surface area (Å²) in [4.78, 5) is 9.72. The molecule has 20 heavy (non-hydrogen) atoms. The standard InChI is InChI=1S/C14H11N3O2S/c15-12-8-5-6-20-14(8)17-13(16-12)11-7-18-9-3-1-2-4-10(9)19-11/h1-6,11H,7H2,(H2,15,16,17). The van der Waals surface area contributed by atoms with Gasteiger partial charge in [0.1, 0.15) is 17.3 Å². The van der Waals surface area contributed by atoms with Gasteiger partial charge in [-0.05, 0) is 23.6 Å². The van der Waals surface area contributed by atoms with Crippen molar-refractivity contribution >= 4 is 27.4 Å². The number of thiophene rings is 1. The molecule has 1 atom stereocenters. The molecule has 100 valence electrons. The minimum absolute atomic E-state index is 0.335. The Morgan fingerprint density at radius 1 is 1.15 bits per heavy atom. The van der Waals surface area contributed by atoms with E-state index in [4.69, 9.17) is 15.2 Å². The van der Waals surface area contributed by atoms with Gasteiger partial charge in [0.05, 0.1) is 5.39 Å². The Morgan fingerprint density at radius 2 is 2.00 bits per heavy atom. The Balaban J connectivity index is 1.74. The lowest BCUT2D eigenvalue weighted by Gasteiger charge is -2.25. The Kier molecular flexibility index (Phi) is 2.50. The summed E-state index contributed by atoms with van der Waals surface area (Å²) in [5, 5.41) is 2.84. The summed E-state index contributed by atoms with van der Waals surface area (Å²) in [5.74, 6) is 2.49. The molecule has 0 amide bonds.